The number of aliphatic carboxylic acids is 1. The van der Waals surface area contributed by atoms with E-state index >= 15 is 0 Å². The average Bonchev–Trinajstić information content (AvgIpc) is 2.89. The molecule has 2 fully saturated rings. The molecule has 32 heavy (non-hydrogen) atoms. The van der Waals surface area contributed by atoms with Crippen molar-refractivity contribution in [3.63, 3.8) is 0 Å². The molecule has 5 N–H and O–H groups in total. The number of para-hydroxylation sites is 1. The molecule has 0 aliphatic carbocycles. The molecule has 2 saturated heterocycles. The monoisotopic (exact) mass is 478 g/mol. The van der Waals surface area contributed by atoms with E-state index in [2.05, 4.69) is 10.6 Å². The minimum absolute atomic E-state index is 0. The van der Waals surface area contributed by atoms with Crippen LogP contribution in [0.4, 0.5) is 5.69 Å². The van der Waals surface area contributed by atoms with Crippen LogP contribution in [0.1, 0.15) is 20.8 Å². The topological polar surface area (TPSA) is 190 Å². The molecule has 2 aliphatic heterocycles. The van der Waals surface area contributed by atoms with Crippen LogP contribution >= 0.6 is 11.8 Å². The van der Waals surface area contributed by atoms with Gasteiger partial charge in [-0.1, -0.05) is 18.2 Å². The van der Waals surface area contributed by atoms with Crippen molar-refractivity contribution in [1.82, 2.24) is 10.2 Å². The van der Waals surface area contributed by atoms with Crippen molar-refractivity contribution in [2.24, 2.45) is 0 Å². The summed E-state index contributed by atoms with van der Waals surface area (Å²) in [6.07, 6.45) is -0.165. The maximum Gasteiger partial charge on any atom is 1.00 e. The summed E-state index contributed by atoms with van der Waals surface area (Å²) >= 11 is 1.32. The summed E-state index contributed by atoms with van der Waals surface area (Å²) in [7, 11) is 0. The van der Waals surface area contributed by atoms with Gasteiger partial charge < -0.3 is 27.5 Å². The molecule has 3 amide bonds. The maximum atomic E-state index is 12.5. The van der Waals surface area contributed by atoms with Gasteiger partial charge in [0.2, 0.25) is 11.8 Å². The van der Waals surface area contributed by atoms with Gasteiger partial charge in [-0.3, -0.25) is 24.5 Å². The number of carbonyl (C=O) groups excluding carboxylic acids is 3. The van der Waals surface area contributed by atoms with Crippen LogP contribution in [0.25, 0.3) is 0 Å². The molecule has 1 aromatic rings. The van der Waals surface area contributed by atoms with Crippen LogP contribution in [0.5, 0.6) is 0 Å². The number of nitro groups is 1. The van der Waals surface area contributed by atoms with Crippen molar-refractivity contribution < 1.29 is 65.7 Å². The molecule has 0 saturated carbocycles. The molecule has 0 aromatic heterocycles. The summed E-state index contributed by atoms with van der Waals surface area (Å²) in [4.78, 5) is 59.2. The zero-order valence-electron chi connectivity index (χ0n) is 18.7. The zero-order chi connectivity index (χ0) is 22.2. The Bertz CT molecular complexity index is 950. The van der Waals surface area contributed by atoms with Crippen LogP contribution in [-0.4, -0.2) is 72.8 Å². The largest absolute Gasteiger partial charge is 1.00 e. The number of rotatable bonds is 7. The van der Waals surface area contributed by atoms with Gasteiger partial charge in [0.1, 0.15) is 17.5 Å². The van der Waals surface area contributed by atoms with Crippen molar-refractivity contribution in [1.29, 1.82) is 0 Å². The molecule has 2 aliphatic rings. The van der Waals surface area contributed by atoms with Gasteiger partial charge in [0.25, 0.3) is 12.5 Å². The van der Waals surface area contributed by atoms with E-state index in [-0.39, 0.29) is 48.6 Å². The Hall–Kier alpha value is -2.19. The van der Waals surface area contributed by atoms with Crippen molar-refractivity contribution in [3.8, 4) is 0 Å². The number of benzene rings is 1. The second-order valence-electron chi connectivity index (χ2n) is 7.52. The predicted octanol–water partition coefficient (Wildman–Crippen LogP) is -3.63. The van der Waals surface area contributed by atoms with Crippen LogP contribution in [-0.2, 0) is 25.6 Å². The Labute approximate surface area is 210 Å². The number of carboxylic acids is 1. The number of nitrogens with one attached hydrogen (secondary N) is 2. The standard InChI is InChI=1S/C18H20N4O7S.Na.H2O.H/c1-18(2)14(17(26)27)22-15(25)13(16(22)30-18)20-11(23)7-9-5-3-4-6-10(9)19-12(24)8-21(28)29;;;/h3-6,13-14,16H,7-8H2,1-2H3,(H,19,24)(H,20,23)(H,26,27);;1H2;/q;+1;;-1/t13?,14-,16+;;;/m0.../s1. The van der Waals surface area contributed by atoms with E-state index in [1.807, 2.05) is 0 Å². The SMILES string of the molecule is CC1(C)S[C@@H]2C(NC(=O)Cc3ccccc3NC(=O)C[N+](=O)[O-])C(=O)N2[C@H]1C(=O)O.O.[H-].[Na+]. The van der Waals surface area contributed by atoms with Gasteiger partial charge >= 0.3 is 35.5 Å². The van der Waals surface area contributed by atoms with Gasteiger partial charge in [-0.25, -0.2) is 4.79 Å². The van der Waals surface area contributed by atoms with Crippen LogP contribution in [0.3, 0.4) is 0 Å². The van der Waals surface area contributed by atoms with E-state index < -0.39 is 57.4 Å². The number of β-lactam (4-membered cyclic amide) rings is 1. The minimum Gasteiger partial charge on any atom is -1.00 e. The third-order valence-corrected chi connectivity index (χ3v) is 6.48. The second kappa shape index (κ2) is 10.6. The number of nitrogens with zero attached hydrogens (tertiary/aromatic N) is 2. The number of carboxylic acid groups (broad SMARTS) is 1. The number of thioether (sulfide) groups is 1. The zero-order valence-corrected chi connectivity index (χ0v) is 20.5. The van der Waals surface area contributed by atoms with E-state index in [1.54, 1.807) is 32.0 Å². The molecular formula is C18H23N4NaO8S. The van der Waals surface area contributed by atoms with Crippen molar-refractivity contribution in [2.75, 3.05) is 11.9 Å². The quantitative estimate of drug-likeness (QED) is 0.155. The molecule has 0 radical (unpaired) electrons. The number of anilines is 1. The molecule has 1 unspecified atom stereocenters. The summed E-state index contributed by atoms with van der Waals surface area (Å²) in [5, 5.41) is 24.5. The summed E-state index contributed by atoms with van der Waals surface area (Å²) in [6, 6.07) is 4.57. The van der Waals surface area contributed by atoms with Crippen molar-refractivity contribution in [2.45, 2.75) is 42.5 Å². The fourth-order valence-corrected chi connectivity index (χ4v) is 5.27. The molecule has 14 heteroatoms. The molecule has 12 nitrogen and oxygen atoms in total. The van der Waals surface area contributed by atoms with Gasteiger partial charge in [-0.05, 0) is 25.5 Å². The van der Waals surface area contributed by atoms with Gasteiger partial charge in [0.15, 0.2) is 0 Å². The molecule has 0 bridgehead atoms. The minimum atomic E-state index is -1.09. The molecule has 170 valence electrons. The Balaban J connectivity index is 0.00000341. The van der Waals surface area contributed by atoms with Gasteiger partial charge in [0.05, 0.1) is 6.42 Å². The summed E-state index contributed by atoms with van der Waals surface area (Å²) in [6.45, 7) is 2.59. The van der Waals surface area contributed by atoms with Gasteiger partial charge in [-0.2, -0.15) is 0 Å². The first-order chi connectivity index (χ1) is 14.0. The normalized spacial score (nSPS) is 22.4. The van der Waals surface area contributed by atoms with Crippen molar-refractivity contribution >= 4 is 41.1 Å². The third kappa shape index (κ3) is 5.59. The maximum absolute atomic E-state index is 12.5. The van der Waals surface area contributed by atoms with E-state index in [4.69, 9.17) is 0 Å². The van der Waals surface area contributed by atoms with Crippen LogP contribution in [0.2, 0.25) is 0 Å². The van der Waals surface area contributed by atoms with Crippen LogP contribution in [0, 0.1) is 10.1 Å². The van der Waals surface area contributed by atoms with Gasteiger partial charge in [-0.15, -0.1) is 11.8 Å². The first-order valence-corrected chi connectivity index (χ1v) is 9.91. The number of fused-ring (bicyclic) bond motifs is 1. The molecule has 3 rings (SSSR count). The molecule has 3 atom stereocenters. The first-order valence-electron chi connectivity index (χ1n) is 9.03. The Morgan fingerprint density at radius 1 is 1.28 bits per heavy atom. The smallest absolute Gasteiger partial charge is 1.00 e. The predicted molar refractivity (Wildman–Crippen MR) is 111 cm³/mol. The Morgan fingerprint density at radius 2 is 1.91 bits per heavy atom. The molecular weight excluding hydrogens is 455 g/mol. The van der Waals surface area contributed by atoms with Crippen molar-refractivity contribution in [3.05, 3.63) is 39.9 Å². The molecule has 0 spiro atoms. The number of carbonyl (C=O) groups is 4. The number of hydrogen-bond donors (Lipinski definition) is 3. The molecule has 1 aromatic carbocycles. The fourth-order valence-electron chi connectivity index (χ4n) is 3.65. The van der Waals surface area contributed by atoms with E-state index in [9.17, 15) is 34.4 Å². The second-order valence-corrected chi connectivity index (χ2v) is 9.29. The average molecular weight is 478 g/mol. The summed E-state index contributed by atoms with van der Waals surface area (Å²) in [5.74, 6) is -2.85. The fraction of sp³-hybridized carbons (Fsp3) is 0.444. The number of amides is 3. The Morgan fingerprint density at radius 3 is 2.50 bits per heavy atom. The van der Waals surface area contributed by atoms with E-state index in [1.165, 1.54) is 22.7 Å². The van der Waals surface area contributed by atoms with E-state index in [0.717, 1.165) is 0 Å². The van der Waals surface area contributed by atoms with Crippen LogP contribution < -0.4 is 40.2 Å². The Kier molecular flexibility index (Phi) is 9.24. The first kappa shape index (κ1) is 27.8. The third-order valence-electron chi connectivity index (χ3n) is 4.91. The summed E-state index contributed by atoms with van der Waals surface area (Å²) < 4.78 is -0.695. The molecule has 2 heterocycles. The van der Waals surface area contributed by atoms with Gasteiger partial charge in [0, 0.05) is 15.4 Å². The number of hydrogen-bond acceptors (Lipinski definition) is 7. The summed E-state index contributed by atoms with van der Waals surface area (Å²) in [5.41, 5.74) is 0.696. The van der Waals surface area contributed by atoms with E-state index in [0.29, 0.717) is 5.56 Å². The van der Waals surface area contributed by atoms with Crippen LogP contribution in [0.15, 0.2) is 24.3 Å².